The van der Waals surface area contributed by atoms with Gasteiger partial charge in [0.15, 0.2) is 0 Å². The number of fused-ring (bicyclic) bond motifs is 4. The minimum absolute atomic E-state index is 0.814. The van der Waals surface area contributed by atoms with Crippen LogP contribution in [0.15, 0.2) is 18.2 Å². The van der Waals surface area contributed by atoms with Crippen LogP contribution in [-0.2, 0) is 11.5 Å². The highest BCUT2D eigenvalue weighted by Crippen LogP contribution is 2.37. The van der Waals surface area contributed by atoms with Crippen LogP contribution in [0.2, 0.25) is 0 Å². The van der Waals surface area contributed by atoms with Gasteiger partial charge in [-0.15, -0.1) is 0 Å². The van der Waals surface area contributed by atoms with Crippen molar-refractivity contribution in [2.75, 3.05) is 0 Å². The number of hydrogen-bond donors (Lipinski definition) is 0. The second kappa shape index (κ2) is 7.06. The maximum Gasteiger partial charge on any atom is 0.139 e. The van der Waals surface area contributed by atoms with E-state index in [1.165, 1.54) is 55.4 Å². The van der Waals surface area contributed by atoms with E-state index in [2.05, 4.69) is 49.6 Å². The van der Waals surface area contributed by atoms with Crippen molar-refractivity contribution in [3.8, 4) is 0 Å². The van der Waals surface area contributed by atoms with Gasteiger partial charge in [0.25, 0.3) is 0 Å². The standard InChI is InChI=1S/C18H23BN2S2/c19-12-6-7-15-16(8-12)21-18-11-23-14-5-3-1-2-4-13(9-14)22-10-17(18)20-15/h6-8,13-14H,1-5,9-11,19H2. The van der Waals surface area contributed by atoms with Crippen LogP contribution in [0.25, 0.3) is 11.0 Å². The van der Waals surface area contributed by atoms with E-state index in [1.807, 2.05) is 0 Å². The van der Waals surface area contributed by atoms with Crippen molar-refractivity contribution >= 4 is 47.9 Å². The van der Waals surface area contributed by atoms with E-state index in [-0.39, 0.29) is 0 Å². The summed E-state index contributed by atoms with van der Waals surface area (Å²) >= 11 is 4.25. The Labute approximate surface area is 148 Å². The van der Waals surface area contributed by atoms with Crippen molar-refractivity contribution in [2.24, 2.45) is 0 Å². The largest absolute Gasteiger partial charge is 0.248 e. The molecule has 1 aliphatic heterocycles. The van der Waals surface area contributed by atoms with Crippen molar-refractivity contribution in [1.82, 2.24) is 9.97 Å². The minimum Gasteiger partial charge on any atom is -0.248 e. The summed E-state index contributed by atoms with van der Waals surface area (Å²) in [6.45, 7) is 0. The number of benzene rings is 1. The van der Waals surface area contributed by atoms with Crippen LogP contribution in [0.5, 0.6) is 0 Å². The summed E-state index contributed by atoms with van der Waals surface area (Å²) in [6.07, 6.45) is 8.38. The van der Waals surface area contributed by atoms with Gasteiger partial charge >= 0.3 is 0 Å². The second-order valence-electron chi connectivity index (χ2n) is 6.85. The van der Waals surface area contributed by atoms with Crippen molar-refractivity contribution in [3.05, 3.63) is 29.6 Å². The van der Waals surface area contributed by atoms with Crippen LogP contribution in [0.1, 0.15) is 49.9 Å². The number of rotatable bonds is 0. The summed E-state index contributed by atoms with van der Waals surface area (Å²) in [6, 6.07) is 6.43. The molecule has 0 spiro atoms. The Morgan fingerprint density at radius 1 is 0.870 bits per heavy atom. The predicted molar refractivity (Wildman–Crippen MR) is 106 cm³/mol. The van der Waals surface area contributed by atoms with Crippen LogP contribution >= 0.6 is 23.5 Å². The molecule has 1 aromatic carbocycles. The normalized spacial score (nSPS) is 25.6. The number of aromatic nitrogens is 2. The van der Waals surface area contributed by atoms with E-state index in [0.717, 1.165) is 33.0 Å². The number of thioether (sulfide) groups is 2. The zero-order valence-corrected chi connectivity index (χ0v) is 15.4. The third-order valence-electron chi connectivity index (χ3n) is 4.96. The lowest BCUT2D eigenvalue weighted by atomic mass is 9.96. The molecule has 4 rings (SSSR count). The van der Waals surface area contributed by atoms with Gasteiger partial charge in [0.05, 0.1) is 22.4 Å². The van der Waals surface area contributed by atoms with E-state index in [9.17, 15) is 0 Å². The van der Waals surface area contributed by atoms with Gasteiger partial charge in [-0.2, -0.15) is 23.5 Å². The van der Waals surface area contributed by atoms with Crippen molar-refractivity contribution in [3.63, 3.8) is 0 Å². The van der Waals surface area contributed by atoms with Crippen LogP contribution in [-0.4, -0.2) is 28.3 Å². The molecular weight excluding hydrogens is 319 g/mol. The Morgan fingerprint density at radius 3 is 2.22 bits per heavy atom. The third-order valence-corrected chi connectivity index (χ3v) is 7.64. The molecule has 5 heteroatoms. The summed E-state index contributed by atoms with van der Waals surface area (Å²) in [5, 5.41) is 1.63. The number of hydrogen-bond acceptors (Lipinski definition) is 4. The van der Waals surface area contributed by atoms with Crippen molar-refractivity contribution in [2.45, 2.75) is 60.5 Å². The molecule has 2 heterocycles. The first-order valence-corrected chi connectivity index (χ1v) is 10.9. The maximum atomic E-state index is 4.98. The quantitative estimate of drug-likeness (QED) is 0.685. The van der Waals surface area contributed by atoms with Gasteiger partial charge in [-0.1, -0.05) is 30.8 Å². The van der Waals surface area contributed by atoms with Crippen LogP contribution in [0, 0.1) is 0 Å². The molecule has 2 nitrogen and oxygen atoms in total. The topological polar surface area (TPSA) is 25.8 Å². The van der Waals surface area contributed by atoms with Gasteiger partial charge in [-0.3, -0.25) is 0 Å². The maximum absolute atomic E-state index is 4.98. The van der Waals surface area contributed by atoms with Crippen molar-refractivity contribution in [1.29, 1.82) is 0 Å². The highest BCUT2D eigenvalue weighted by molar-refractivity contribution is 8.00. The number of nitrogens with zero attached hydrogens (tertiary/aromatic N) is 2. The minimum atomic E-state index is 0.814. The summed E-state index contributed by atoms with van der Waals surface area (Å²) in [4.78, 5) is 9.95. The summed E-state index contributed by atoms with van der Waals surface area (Å²) in [5.74, 6) is 2.06. The molecule has 1 saturated carbocycles. The van der Waals surface area contributed by atoms with E-state index in [1.54, 1.807) is 0 Å². The van der Waals surface area contributed by atoms with Crippen molar-refractivity contribution < 1.29 is 0 Å². The third kappa shape index (κ3) is 3.71. The molecule has 0 radical (unpaired) electrons. The molecule has 0 saturated heterocycles. The fourth-order valence-electron chi connectivity index (χ4n) is 3.61. The van der Waals surface area contributed by atoms with E-state index in [4.69, 9.17) is 9.97 Å². The molecule has 2 aromatic rings. The molecule has 2 atom stereocenters. The zero-order valence-electron chi connectivity index (χ0n) is 13.8. The van der Waals surface area contributed by atoms with Gasteiger partial charge in [0.1, 0.15) is 7.85 Å². The monoisotopic (exact) mass is 342 g/mol. The Bertz CT molecular complexity index is 707. The van der Waals surface area contributed by atoms with E-state index in [0.29, 0.717) is 0 Å². The molecule has 2 unspecified atom stereocenters. The average molecular weight is 342 g/mol. The molecule has 0 N–H and O–H groups in total. The fraction of sp³-hybridized carbons (Fsp3) is 0.556. The molecule has 23 heavy (non-hydrogen) atoms. The molecule has 2 bridgehead atoms. The Morgan fingerprint density at radius 2 is 1.52 bits per heavy atom. The molecule has 1 aromatic heterocycles. The van der Waals surface area contributed by atoms with E-state index < -0.39 is 0 Å². The van der Waals surface area contributed by atoms with E-state index >= 15 is 0 Å². The molecule has 120 valence electrons. The van der Waals surface area contributed by atoms with Gasteiger partial charge in [-0.25, -0.2) is 9.97 Å². The molecule has 0 amide bonds. The first kappa shape index (κ1) is 15.8. The Balaban J connectivity index is 1.68. The Kier molecular flexibility index (Phi) is 4.86. The fourth-order valence-corrected chi connectivity index (χ4v) is 6.39. The lowest BCUT2D eigenvalue weighted by molar-refractivity contribution is 0.522. The lowest BCUT2D eigenvalue weighted by Crippen LogP contribution is -2.15. The van der Waals surface area contributed by atoms with Gasteiger partial charge < -0.3 is 0 Å². The highest BCUT2D eigenvalue weighted by Gasteiger charge is 2.23. The van der Waals surface area contributed by atoms with Gasteiger partial charge in [0, 0.05) is 22.0 Å². The second-order valence-corrected chi connectivity index (χ2v) is 9.43. The molecular formula is C18H23BN2S2. The van der Waals surface area contributed by atoms with Crippen LogP contribution in [0.3, 0.4) is 0 Å². The van der Waals surface area contributed by atoms with Gasteiger partial charge in [0.2, 0.25) is 0 Å². The van der Waals surface area contributed by atoms with Crippen LogP contribution in [0.4, 0.5) is 0 Å². The molecule has 2 aliphatic rings. The highest BCUT2D eigenvalue weighted by atomic mass is 32.2. The smallest absolute Gasteiger partial charge is 0.139 e. The first-order chi connectivity index (χ1) is 11.3. The van der Waals surface area contributed by atoms with Gasteiger partial charge in [-0.05, 0) is 31.4 Å². The summed E-state index contributed by atoms with van der Waals surface area (Å²) in [7, 11) is 2.13. The average Bonchev–Trinajstić information content (AvgIpc) is 2.60. The summed E-state index contributed by atoms with van der Waals surface area (Å²) < 4.78 is 0. The SMILES string of the molecule is Bc1ccc2nc3c(nc2c1)CSC1CCCCCC(C1)SC3. The van der Waals surface area contributed by atoms with Crippen LogP contribution < -0.4 is 5.46 Å². The lowest BCUT2D eigenvalue weighted by Gasteiger charge is -2.24. The zero-order chi connectivity index (χ0) is 15.6. The predicted octanol–water partition coefficient (Wildman–Crippen LogP) is 3.46. The molecule has 1 aliphatic carbocycles. The molecule has 1 fully saturated rings. The Hall–Kier alpha value is -0.675. The summed E-state index contributed by atoms with van der Waals surface area (Å²) in [5.41, 5.74) is 5.83. The first-order valence-electron chi connectivity index (χ1n) is 8.77.